The van der Waals surface area contributed by atoms with Gasteiger partial charge in [0.25, 0.3) is 0 Å². The fourth-order valence-corrected chi connectivity index (χ4v) is 3.92. The maximum Gasteiger partial charge on any atom is 0.446 e. The maximum absolute atomic E-state index is 11.4. The topological polar surface area (TPSA) is 94.5 Å². The molecule has 2 aromatic carbocycles. The van der Waals surface area contributed by atoms with Crippen LogP contribution in [0.25, 0.3) is 0 Å². The summed E-state index contributed by atoms with van der Waals surface area (Å²) in [7, 11) is -2.70. The van der Waals surface area contributed by atoms with E-state index in [1.807, 2.05) is 24.3 Å². The first-order valence-electron chi connectivity index (χ1n) is 8.70. The van der Waals surface area contributed by atoms with Gasteiger partial charge in [0, 0.05) is 37.4 Å². The van der Waals surface area contributed by atoms with E-state index in [1.54, 1.807) is 6.07 Å². The van der Waals surface area contributed by atoms with Gasteiger partial charge in [0.05, 0.1) is 10.7 Å². The minimum absolute atomic E-state index is 0.0330. The van der Waals surface area contributed by atoms with Gasteiger partial charge in [-0.15, -0.1) is 0 Å². The van der Waals surface area contributed by atoms with Gasteiger partial charge in [-0.2, -0.15) is 8.42 Å². The summed E-state index contributed by atoms with van der Waals surface area (Å²) in [6.07, 6.45) is 0. The minimum atomic E-state index is -4.76. The van der Waals surface area contributed by atoms with Crippen LogP contribution >= 0.6 is 11.6 Å². The maximum atomic E-state index is 11.4. The predicted molar refractivity (Wildman–Crippen MR) is 109 cm³/mol. The smallest absolute Gasteiger partial charge is 0.358 e. The van der Waals surface area contributed by atoms with Gasteiger partial charge in [-0.1, -0.05) is 23.7 Å². The molecule has 2 heterocycles. The van der Waals surface area contributed by atoms with Crippen LogP contribution in [0.2, 0.25) is 5.02 Å². The summed E-state index contributed by atoms with van der Waals surface area (Å²) >= 11 is 6.17. The van der Waals surface area contributed by atoms with Gasteiger partial charge in [-0.05, 0) is 31.3 Å². The fraction of sp³-hybridized carbons (Fsp3) is 0.278. The second kappa shape index (κ2) is 7.25. The number of piperazine rings is 1. The largest absolute Gasteiger partial charge is 0.446 e. The molecule has 10 heteroatoms. The van der Waals surface area contributed by atoms with Crippen molar-refractivity contribution in [3.05, 3.63) is 47.0 Å². The Bertz CT molecular complexity index is 1050. The molecule has 1 fully saturated rings. The van der Waals surface area contributed by atoms with Crippen LogP contribution in [-0.4, -0.2) is 61.8 Å². The quantitative estimate of drug-likeness (QED) is 0.718. The number of anilines is 2. The zero-order chi connectivity index (χ0) is 19.9. The summed E-state index contributed by atoms with van der Waals surface area (Å²) in [5.74, 6) is 0.478. The Morgan fingerprint density at radius 1 is 1.11 bits per heavy atom. The average molecular weight is 423 g/mol. The van der Waals surface area contributed by atoms with Crippen LogP contribution in [0.1, 0.15) is 5.56 Å². The minimum Gasteiger partial charge on any atom is -0.358 e. The van der Waals surface area contributed by atoms with Crippen molar-refractivity contribution in [2.45, 2.75) is 0 Å². The van der Waals surface area contributed by atoms with Crippen molar-refractivity contribution in [1.29, 1.82) is 0 Å². The first-order chi connectivity index (χ1) is 13.3. The SMILES string of the molecule is CN1CCN(C2=Nc3c(ccc(Cl)c3OS(=O)(=O)O)Nc3ccccc32)CC1. The van der Waals surface area contributed by atoms with Crippen molar-refractivity contribution in [3.63, 3.8) is 0 Å². The number of benzene rings is 2. The van der Waals surface area contributed by atoms with Crippen LogP contribution in [0.4, 0.5) is 17.1 Å². The van der Waals surface area contributed by atoms with Gasteiger partial charge in [-0.3, -0.25) is 4.55 Å². The van der Waals surface area contributed by atoms with Crippen molar-refractivity contribution in [1.82, 2.24) is 9.80 Å². The van der Waals surface area contributed by atoms with Gasteiger partial charge >= 0.3 is 10.4 Å². The number of likely N-dealkylation sites (N-methyl/N-ethyl adjacent to an activating group) is 1. The van der Waals surface area contributed by atoms with Crippen LogP contribution in [0.15, 0.2) is 41.4 Å². The molecule has 0 amide bonds. The average Bonchev–Trinajstić information content (AvgIpc) is 2.81. The summed E-state index contributed by atoms with van der Waals surface area (Å²) in [6.45, 7) is 3.30. The number of hydrogen-bond acceptors (Lipinski definition) is 7. The number of nitrogens with zero attached hydrogens (tertiary/aromatic N) is 3. The Morgan fingerprint density at radius 2 is 1.82 bits per heavy atom. The number of rotatable bonds is 2. The molecule has 0 aliphatic carbocycles. The van der Waals surface area contributed by atoms with Crippen molar-refractivity contribution in [2.24, 2.45) is 4.99 Å². The lowest BCUT2D eigenvalue weighted by Gasteiger charge is -2.34. The third-order valence-electron chi connectivity index (χ3n) is 4.73. The number of halogens is 1. The molecule has 0 radical (unpaired) electrons. The third-order valence-corrected chi connectivity index (χ3v) is 5.40. The summed E-state index contributed by atoms with van der Waals surface area (Å²) in [5.41, 5.74) is 2.46. The Balaban J connectivity index is 1.90. The van der Waals surface area contributed by atoms with Gasteiger partial charge in [0.2, 0.25) is 0 Å². The number of aliphatic imine (C=N–C) groups is 1. The molecule has 1 saturated heterocycles. The van der Waals surface area contributed by atoms with E-state index < -0.39 is 10.4 Å². The lowest BCUT2D eigenvalue weighted by molar-refractivity contribution is 0.216. The highest BCUT2D eigenvalue weighted by Gasteiger charge is 2.27. The zero-order valence-corrected chi connectivity index (χ0v) is 16.7. The second-order valence-electron chi connectivity index (χ2n) is 6.68. The molecule has 4 rings (SSSR count). The van der Waals surface area contributed by atoms with Gasteiger partial charge in [0.15, 0.2) is 5.75 Å². The predicted octanol–water partition coefficient (Wildman–Crippen LogP) is 2.90. The molecule has 8 nitrogen and oxygen atoms in total. The molecule has 0 saturated carbocycles. The van der Waals surface area contributed by atoms with E-state index in [-0.39, 0.29) is 16.5 Å². The Hall–Kier alpha value is -2.33. The molecular formula is C18H19ClN4O4S. The number of para-hydroxylation sites is 1. The first-order valence-corrected chi connectivity index (χ1v) is 10.4. The van der Waals surface area contributed by atoms with E-state index in [0.717, 1.165) is 37.4 Å². The van der Waals surface area contributed by atoms with Crippen molar-refractivity contribution < 1.29 is 17.2 Å². The van der Waals surface area contributed by atoms with E-state index >= 15 is 0 Å². The molecule has 2 N–H and O–H groups in total. The molecule has 2 aromatic rings. The molecule has 2 aliphatic heterocycles. The molecule has 0 aromatic heterocycles. The van der Waals surface area contributed by atoms with Crippen molar-refractivity contribution in [2.75, 3.05) is 38.5 Å². The third kappa shape index (κ3) is 3.79. The van der Waals surface area contributed by atoms with Crippen LogP contribution in [0.5, 0.6) is 5.75 Å². The lowest BCUT2D eigenvalue weighted by Crippen LogP contribution is -2.47. The molecule has 0 atom stereocenters. The number of nitrogens with one attached hydrogen (secondary N) is 1. The molecule has 28 heavy (non-hydrogen) atoms. The van der Waals surface area contributed by atoms with E-state index in [0.29, 0.717) is 11.5 Å². The molecular weight excluding hydrogens is 404 g/mol. The van der Waals surface area contributed by atoms with E-state index in [9.17, 15) is 13.0 Å². The second-order valence-corrected chi connectivity index (χ2v) is 8.11. The summed E-state index contributed by atoms with van der Waals surface area (Å²) < 4.78 is 36.7. The van der Waals surface area contributed by atoms with Crippen LogP contribution in [0.3, 0.4) is 0 Å². The van der Waals surface area contributed by atoms with E-state index in [2.05, 4.69) is 22.2 Å². The van der Waals surface area contributed by atoms with Crippen molar-refractivity contribution in [3.8, 4) is 5.75 Å². The van der Waals surface area contributed by atoms with Gasteiger partial charge < -0.3 is 19.3 Å². The van der Waals surface area contributed by atoms with Gasteiger partial charge in [-0.25, -0.2) is 4.99 Å². The van der Waals surface area contributed by atoms with Crippen LogP contribution in [-0.2, 0) is 10.4 Å². The Labute approximate surface area is 168 Å². The molecule has 0 bridgehead atoms. The molecule has 148 valence electrons. The molecule has 2 aliphatic rings. The summed E-state index contributed by atoms with van der Waals surface area (Å²) in [4.78, 5) is 9.13. The Morgan fingerprint density at radius 3 is 2.54 bits per heavy atom. The highest BCUT2D eigenvalue weighted by atomic mass is 35.5. The molecule has 0 spiro atoms. The van der Waals surface area contributed by atoms with Crippen LogP contribution < -0.4 is 9.50 Å². The van der Waals surface area contributed by atoms with E-state index in [4.69, 9.17) is 20.8 Å². The summed E-state index contributed by atoms with van der Waals surface area (Å²) in [5, 5.41) is 3.30. The fourth-order valence-electron chi connectivity index (χ4n) is 3.30. The zero-order valence-electron chi connectivity index (χ0n) is 15.1. The monoisotopic (exact) mass is 422 g/mol. The molecule has 0 unspecified atom stereocenters. The highest BCUT2D eigenvalue weighted by Crippen LogP contribution is 2.45. The standard InChI is InChI=1S/C18H19ClN4O4S/c1-22-8-10-23(11-9-22)18-12-4-2-3-5-14(12)20-15-7-6-13(19)17(16(15)21-18)27-28(24,25)26/h2-7,20H,8-11H2,1H3,(H,24,25,26). The van der Waals surface area contributed by atoms with Crippen molar-refractivity contribution >= 4 is 44.9 Å². The van der Waals surface area contributed by atoms with Crippen LogP contribution in [0, 0.1) is 0 Å². The van der Waals surface area contributed by atoms with Gasteiger partial charge in [0.1, 0.15) is 11.5 Å². The normalized spacial score (nSPS) is 17.1. The number of fused-ring (bicyclic) bond motifs is 2. The number of hydrogen-bond donors (Lipinski definition) is 2. The summed E-state index contributed by atoms with van der Waals surface area (Å²) in [6, 6.07) is 10.9. The first kappa shape index (κ1) is 19.0. The van der Waals surface area contributed by atoms with E-state index in [1.165, 1.54) is 6.07 Å². The highest BCUT2D eigenvalue weighted by molar-refractivity contribution is 7.81. The lowest BCUT2D eigenvalue weighted by atomic mass is 10.1. The number of amidine groups is 1. The Kier molecular flexibility index (Phi) is 4.92.